The van der Waals surface area contributed by atoms with Gasteiger partial charge in [-0.25, -0.2) is 4.39 Å². The maximum absolute atomic E-state index is 14.2. The lowest BCUT2D eigenvalue weighted by molar-refractivity contribution is 0.623. The van der Waals surface area contributed by atoms with Crippen LogP contribution >= 0.6 is 39.7 Å². The minimum Gasteiger partial charge on any atom is -0.389 e. The minimum atomic E-state index is -0.419. The largest absolute Gasteiger partial charge is 0.389 e. The molecule has 104 valence electrons. The van der Waals surface area contributed by atoms with E-state index >= 15 is 0 Å². The van der Waals surface area contributed by atoms with E-state index in [1.165, 1.54) is 0 Å². The second-order valence-electron chi connectivity index (χ2n) is 4.14. The van der Waals surface area contributed by atoms with Gasteiger partial charge in [0.25, 0.3) is 0 Å². The zero-order valence-electron chi connectivity index (χ0n) is 10.3. The maximum Gasteiger partial charge on any atom is 0.161 e. The van der Waals surface area contributed by atoms with Crippen LogP contribution in [0.4, 0.5) is 10.1 Å². The first kappa shape index (κ1) is 15.2. The normalized spacial score (nSPS) is 10.3. The summed E-state index contributed by atoms with van der Waals surface area (Å²) in [6.07, 6.45) is 0. The summed E-state index contributed by atoms with van der Waals surface area (Å²) in [7, 11) is 0. The fourth-order valence-corrected chi connectivity index (χ4v) is 2.79. The molecule has 2 aromatic carbocycles. The highest BCUT2D eigenvalue weighted by Gasteiger charge is 2.12. The molecule has 0 aromatic heterocycles. The highest BCUT2D eigenvalue weighted by atomic mass is 79.9. The van der Waals surface area contributed by atoms with Gasteiger partial charge in [-0.05, 0) is 45.8 Å². The van der Waals surface area contributed by atoms with Crippen molar-refractivity contribution in [1.82, 2.24) is 0 Å². The molecule has 2 aromatic rings. The highest BCUT2D eigenvalue weighted by Crippen LogP contribution is 2.27. The fourth-order valence-electron chi connectivity index (χ4n) is 1.72. The Kier molecular flexibility index (Phi) is 4.96. The van der Waals surface area contributed by atoms with Crippen molar-refractivity contribution in [3.8, 4) is 0 Å². The second kappa shape index (κ2) is 6.52. The van der Waals surface area contributed by atoms with Crippen molar-refractivity contribution in [2.24, 2.45) is 5.73 Å². The van der Waals surface area contributed by atoms with E-state index in [-0.39, 0.29) is 9.46 Å². The number of nitrogens with two attached hydrogens (primary N) is 1. The Bertz CT molecular complexity index is 664. The Hall–Kier alpha value is -1.17. The molecule has 0 aliphatic rings. The molecule has 0 spiro atoms. The molecule has 0 saturated carbocycles. The van der Waals surface area contributed by atoms with E-state index in [0.717, 1.165) is 5.56 Å². The first-order valence-electron chi connectivity index (χ1n) is 5.75. The van der Waals surface area contributed by atoms with Crippen LogP contribution in [0.2, 0.25) is 5.02 Å². The smallest absolute Gasteiger partial charge is 0.161 e. The van der Waals surface area contributed by atoms with E-state index in [4.69, 9.17) is 29.6 Å². The molecule has 0 bridgehead atoms. The number of nitrogens with one attached hydrogen (secondary N) is 1. The number of rotatable bonds is 4. The van der Waals surface area contributed by atoms with Crippen LogP contribution < -0.4 is 11.1 Å². The Balaban J connectivity index is 2.18. The standard InChI is InChI=1S/C14H11BrClFN2S/c15-12-10(14(18)20)4-5-11(13(12)17)19-7-8-2-1-3-9(16)6-8/h1-6,19H,7H2,(H2,18,20). The molecule has 6 heteroatoms. The summed E-state index contributed by atoms with van der Waals surface area (Å²) in [5, 5.41) is 3.66. The number of hydrogen-bond donors (Lipinski definition) is 2. The third-order valence-corrected chi connectivity index (χ3v) is 3.95. The Labute approximate surface area is 135 Å². The first-order valence-corrected chi connectivity index (χ1v) is 7.33. The average molecular weight is 374 g/mol. The monoisotopic (exact) mass is 372 g/mol. The van der Waals surface area contributed by atoms with Crippen LogP contribution in [-0.2, 0) is 6.54 Å². The summed E-state index contributed by atoms with van der Waals surface area (Å²) >= 11 is 13.9. The maximum atomic E-state index is 14.2. The molecule has 0 fully saturated rings. The van der Waals surface area contributed by atoms with Gasteiger partial charge in [-0.2, -0.15) is 0 Å². The van der Waals surface area contributed by atoms with Crippen molar-refractivity contribution >= 4 is 50.4 Å². The van der Waals surface area contributed by atoms with Gasteiger partial charge >= 0.3 is 0 Å². The average Bonchev–Trinajstić information content (AvgIpc) is 2.40. The molecular formula is C14H11BrClFN2S. The van der Waals surface area contributed by atoms with E-state index in [1.807, 2.05) is 18.2 Å². The molecule has 20 heavy (non-hydrogen) atoms. The Morgan fingerprint density at radius 1 is 1.35 bits per heavy atom. The molecule has 3 N–H and O–H groups in total. The van der Waals surface area contributed by atoms with Crippen molar-refractivity contribution in [2.45, 2.75) is 6.54 Å². The number of halogens is 3. The van der Waals surface area contributed by atoms with Gasteiger partial charge in [0.15, 0.2) is 5.82 Å². The molecule has 2 rings (SSSR count). The van der Waals surface area contributed by atoms with Gasteiger partial charge in [-0.15, -0.1) is 0 Å². The molecule has 0 saturated heterocycles. The summed E-state index contributed by atoms with van der Waals surface area (Å²) < 4.78 is 14.4. The summed E-state index contributed by atoms with van der Waals surface area (Å²) in [5.74, 6) is -0.419. The molecule has 0 amide bonds. The molecule has 0 aliphatic heterocycles. The van der Waals surface area contributed by atoms with Crippen molar-refractivity contribution in [1.29, 1.82) is 0 Å². The predicted molar refractivity (Wildman–Crippen MR) is 88.8 cm³/mol. The van der Waals surface area contributed by atoms with Crippen LogP contribution in [-0.4, -0.2) is 4.99 Å². The van der Waals surface area contributed by atoms with Gasteiger partial charge in [-0.1, -0.05) is 36.0 Å². The summed E-state index contributed by atoms with van der Waals surface area (Å²) in [6, 6.07) is 10.7. The number of hydrogen-bond acceptors (Lipinski definition) is 2. The fraction of sp³-hybridized carbons (Fsp3) is 0.0714. The van der Waals surface area contributed by atoms with E-state index in [1.54, 1.807) is 18.2 Å². The van der Waals surface area contributed by atoms with Crippen LogP contribution in [0.25, 0.3) is 0 Å². The lowest BCUT2D eigenvalue weighted by atomic mass is 10.2. The third kappa shape index (κ3) is 3.48. The van der Waals surface area contributed by atoms with Crippen LogP contribution in [0.3, 0.4) is 0 Å². The molecular weight excluding hydrogens is 363 g/mol. The number of benzene rings is 2. The molecule has 0 radical (unpaired) electrons. The molecule has 0 atom stereocenters. The Morgan fingerprint density at radius 3 is 2.75 bits per heavy atom. The van der Waals surface area contributed by atoms with Crippen LogP contribution in [0.1, 0.15) is 11.1 Å². The highest BCUT2D eigenvalue weighted by molar-refractivity contribution is 9.10. The van der Waals surface area contributed by atoms with E-state index in [2.05, 4.69) is 21.2 Å². The van der Waals surface area contributed by atoms with Crippen molar-refractivity contribution in [3.63, 3.8) is 0 Å². The number of anilines is 1. The summed E-state index contributed by atoms with van der Waals surface area (Å²) in [6.45, 7) is 0.469. The molecule has 0 unspecified atom stereocenters. The van der Waals surface area contributed by atoms with Gasteiger partial charge in [0.05, 0.1) is 10.2 Å². The third-order valence-electron chi connectivity index (χ3n) is 2.72. The summed E-state index contributed by atoms with van der Waals surface area (Å²) in [4.78, 5) is 0.150. The van der Waals surface area contributed by atoms with E-state index < -0.39 is 5.82 Å². The summed E-state index contributed by atoms with van der Waals surface area (Å²) in [5.41, 5.74) is 7.33. The lowest BCUT2D eigenvalue weighted by Gasteiger charge is -2.11. The van der Waals surface area contributed by atoms with Gasteiger partial charge in [0.1, 0.15) is 4.99 Å². The van der Waals surface area contributed by atoms with Gasteiger partial charge in [0, 0.05) is 17.1 Å². The van der Waals surface area contributed by atoms with Crippen LogP contribution in [0.15, 0.2) is 40.9 Å². The van der Waals surface area contributed by atoms with E-state index in [9.17, 15) is 4.39 Å². The van der Waals surface area contributed by atoms with Crippen LogP contribution in [0.5, 0.6) is 0 Å². The molecule has 2 nitrogen and oxygen atoms in total. The topological polar surface area (TPSA) is 38.0 Å². The van der Waals surface area contributed by atoms with Crippen molar-refractivity contribution in [3.05, 3.63) is 62.8 Å². The predicted octanol–water partition coefficient (Wildman–Crippen LogP) is 4.49. The first-order chi connectivity index (χ1) is 9.49. The zero-order chi connectivity index (χ0) is 14.7. The van der Waals surface area contributed by atoms with Crippen LogP contribution in [0, 0.1) is 5.82 Å². The van der Waals surface area contributed by atoms with Crippen molar-refractivity contribution in [2.75, 3.05) is 5.32 Å². The Morgan fingerprint density at radius 2 is 2.10 bits per heavy atom. The van der Waals surface area contributed by atoms with Gasteiger partial charge in [-0.3, -0.25) is 0 Å². The quantitative estimate of drug-likeness (QED) is 0.776. The van der Waals surface area contributed by atoms with Crippen molar-refractivity contribution < 1.29 is 4.39 Å². The molecule has 0 heterocycles. The minimum absolute atomic E-state index is 0.150. The second-order valence-corrected chi connectivity index (χ2v) is 5.81. The van der Waals surface area contributed by atoms with E-state index in [0.29, 0.717) is 22.8 Å². The number of thiocarbonyl (C=S) groups is 1. The molecule has 0 aliphatic carbocycles. The van der Waals surface area contributed by atoms with Gasteiger partial charge in [0.2, 0.25) is 0 Å². The lowest BCUT2D eigenvalue weighted by Crippen LogP contribution is -2.12. The van der Waals surface area contributed by atoms with Gasteiger partial charge < -0.3 is 11.1 Å². The zero-order valence-corrected chi connectivity index (χ0v) is 13.4. The SMILES string of the molecule is NC(=S)c1ccc(NCc2cccc(Cl)c2)c(F)c1Br.